The zero-order chi connectivity index (χ0) is 21.7. The summed E-state index contributed by atoms with van der Waals surface area (Å²) in [6.45, 7) is 5.45. The van der Waals surface area contributed by atoms with Crippen molar-refractivity contribution in [3.63, 3.8) is 0 Å². The first-order valence-corrected chi connectivity index (χ1v) is 11.8. The van der Waals surface area contributed by atoms with Crippen molar-refractivity contribution < 1.29 is 4.74 Å². The molecule has 2 saturated heterocycles. The Kier molecular flexibility index (Phi) is 7.25. The molecule has 0 aliphatic carbocycles. The molecule has 0 bridgehead atoms. The Hall–Kier alpha value is -1.96. The third-order valence-electron chi connectivity index (χ3n) is 6.43. The van der Waals surface area contributed by atoms with Crippen molar-refractivity contribution >= 4 is 40.7 Å². The predicted octanol–water partition coefficient (Wildman–Crippen LogP) is 4.54. The molecule has 2 aliphatic rings. The molecular weight excluding hydrogens is 430 g/mol. The van der Waals surface area contributed by atoms with Crippen LogP contribution in [0.5, 0.6) is 0 Å². The number of aromatic nitrogens is 2. The number of piperidine rings is 1. The van der Waals surface area contributed by atoms with Gasteiger partial charge in [-0.25, -0.2) is 4.98 Å². The summed E-state index contributed by atoms with van der Waals surface area (Å²) in [6, 6.07) is 12.9. The van der Waals surface area contributed by atoms with Gasteiger partial charge in [-0.05, 0) is 56.8 Å². The first kappa shape index (κ1) is 22.2. The van der Waals surface area contributed by atoms with Crippen molar-refractivity contribution in [1.82, 2.24) is 15.3 Å². The molecule has 166 valence electrons. The Bertz CT molecular complexity index is 891. The highest BCUT2D eigenvalue weighted by molar-refractivity contribution is 7.80. The average molecular weight is 460 g/mol. The van der Waals surface area contributed by atoms with Gasteiger partial charge in [-0.15, -0.1) is 0 Å². The van der Waals surface area contributed by atoms with Crippen LogP contribution in [-0.4, -0.2) is 47.4 Å². The van der Waals surface area contributed by atoms with E-state index in [9.17, 15) is 0 Å². The standard InChI is InChI=1S/C23H30ClN5OS/c1-17-7-5-6-12-29(17)20-15-19(24)26-21(27-20)28-22(31)25-16-23(10-13-30-14-11-23)18-8-3-2-4-9-18/h2-4,8-9,15,17H,5-7,10-14,16H2,1H3,(H2,25,26,27,28,31)/t17-/m0/s1. The van der Waals surface area contributed by atoms with Crippen molar-refractivity contribution in [2.45, 2.75) is 50.5 Å². The lowest BCUT2D eigenvalue weighted by atomic mass is 9.74. The van der Waals surface area contributed by atoms with Crippen molar-refractivity contribution in [2.75, 3.05) is 36.5 Å². The molecule has 2 aliphatic heterocycles. The van der Waals surface area contributed by atoms with Gasteiger partial charge in [0, 0.05) is 43.8 Å². The number of hydrogen-bond donors (Lipinski definition) is 2. The molecule has 1 aromatic carbocycles. The molecule has 3 heterocycles. The van der Waals surface area contributed by atoms with Crippen LogP contribution in [0.4, 0.5) is 11.8 Å². The Morgan fingerprint density at radius 3 is 2.74 bits per heavy atom. The minimum Gasteiger partial charge on any atom is -0.381 e. The second kappa shape index (κ2) is 10.1. The number of rotatable bonds is 5. The number of nitrogens with one attached hydrogen (secondary N) is 2. The Balaban J connectivity index is 1.43. The van der Waals surface area contributed by atoms with Crippen LogP contribution in [0.25, 0.3) is 0 Å². The van der Waals surface area contributed by atoms with E-state index in [0.29, 0.717) is 22.3 Å². The van der Waals surface area contributed by atoms with Crippen molar-refractivity contribution in [2.24, 2.45) is 0 Å². The van der Waals surface area contributed by atoms with Crippen molar-refractivity contribution in [3.05, 3.63) is 47.1 Å². The van der Waals surface area contributed by atoms with Crippen molar-refractivity contribution in [1.29, 1.82) is 0 Å². The van der Waals surface area contributed by atoms with Gasteiger partial charge in [-0.3, -0.25) is 0 Å². The van der Waals surface area contributed by atoms with E-state index in [2.05, 4.69) is 56.7 Å². The second-order valence-corrected chi connectivity index (χ2v) is 9.27. The first-order valence-electron chi connectivity index (χ1n) is 11.1. The summed E-state index contributed by atoms with van der Waals surface area (Å²) < 4.78 is 5.63. The molecule has 31 heavy (non-hydrogen) atoms. The fourth-order valence-electron chi connectivity index (χ4n) is 4.56. The van der Waals surface area contributed by atoms with Crippen LogP contribution in [0.2, 0.25) is 5.15 Å². The van der Waals surface area contributed by atoms with Gasteiger partial charge in [0.1, 0.15) is 11.0 Å². The summed E-state index contributed by atoms with van der Waals surface area (Å²) >= 11 is 11.9. The molecule has 1 aromatic heterocycles. The molecule has 2 fully saturated rings. The molecule has 2 N–H and O–H groups in total. The maximum Gasteiger partial charge on any atom is 0.232 e. The van der Waals surface area contributed by atoms with Gasteiger partial charge in [0.15, 0.2) is 5.11 Å². The maximum absolute atomic E-state index is 6.31. The molecule has 0 saturated carbocycles. The summed E-state index contributed by atoms with van der Waals surface area (Å²) in [6.07, 6.45) is 5.49. The molecular formula is C23H30ClN5OS. The zero-order valence-corrected chi connectivity index (χ0v) is 19.5. The van der Waals surface area contributed by atoms with Crippen LogP contribution in [0.15, 0.2) is 36.4 Å². The van der Waals surface area contributed by atoms with E-state index in [0.717, 1.165) is 51.4 Å². The van der Waals surface area contributed by atoms with Gasteiger partial charge in [0.2, 0.25) is 5.95 Å². The van der Waals surface area contributed by atoms with E-state index in [1.54, 1.807) is 0 Å². The fourth-order valence-corrected chi connectivity index (χ4v) is 4.90. The highest BCUT2D eigenvalue weighted by Crippen LogP contribution is 2.34. The smallest absolute Gasteiger partial charge is 0.232 e. The molecule has 0 unspecified atom stereocenters. The van der Waals surface area contributed by atoms with Crippen molar-refractivity contribution in [3.8, 4) is 0 Å². The van der Waals surface area contributed by atoms with E-state index in [1.165, 1.54) is 18.4 Å². The van der Waals surface area contributed by atoms with E-state index < -0.39 is 0 Å². The van der Waals surface area contributed by atoms with Crippen LogP contribution in [0.1, 0.15) is 44.6 Å². The summed E-state index contributed by atoms with van der Waals surface area (Å²) in [5.41, 5.74) is 1.31. The fraction of sp³-hybridized carbons (Fsp3) is 0.522. The normalized spacial score (nSPS) is 20.8. The molecule has 6 nitrogen and oxygen atoms in total. The summed E-state index contributed by atoms with van der Waals surface area (Å²) in [5, 5.41) is 7.45. The molecule has 0 amide bonds. The van der Waals surface area contributed by atoms with Gasteiger partial charge >= 0.3 is 0 Å². The molecule has 0 radical (unpaired) electrons. The summed E-state index contributed by atoms with van der Waals surface area (Å²) in [7, 11) is 0. The van der Waals surface area contributed by atoms with E-state index >= 15 is 0 Å². The number of ether oxygens (including phenoxy) is 1. The lowest BCUT2D eigenvalue weighted by Gasteiger charge is -2.38. The van der Waals surface area contributed by atoms with Crippen LogP contribution >= 0.6 is 23.8 Å². The number of halogens is 1. The predicted molar refractivity (Wildman–Crippen MR) is 130 cm³/mol. The molecule has 0 spiro atoms. The monoisotopic (exact) mass is 459 g/mol. The van der Waals surface area contributed by atoms with E-state index in [1.807, 2.05) is 12.1 Å². The number of nitrogens with zero attached hydrogens (tertiary/aromatic N) is 3. The quantitative estimate of drug-likeness (QED) is 0.502. The zero-order valence-electron chi connectivity index (χ0n) is 17.9. The van der Waals surface area contributed by atoms with E-state index in [4.69, 9.17) is 28.6 Å². The highest BCUT2D eigenvalue weighted by atomic mass is 35.5. The minimum absolute atomic E-state index is 0.00513. The third-order valence-corrected chi connectivity index (χ3v) is 6.87. The molecule has 1 atom stereocenters. The summed E-state index contributed by atoms with van der Waals surface area (Å²) in [5.74, 6) is 1.28. The lowest BCUT2D eigenvalue weighted by Crippen LogP contribution is -2.45. The Labute approximate surface area is 194 Å². The van der Waals surface area contributed by atoms with Crippen LogP contribution in [0, 0.1) is 0 Å². The van der Waals surface area contributed by atoms with Crippen LogP contribution in [-0.2, 0) is 10.2 Å². The molecule has 2 aromatic rings. The van der Waals surface area contributed by atoms with Gasteiger partial charge in [-0.1, -0.05) is 41.9 Å². The minimum atomic E-state index is -0.00513. The van der Waals surface area contributed by atoms with Crippen LogP contribution in [0.3, 0.4) is 0 Å². The number of thiocarbonyl (C=S) groups is 1. The van der Waals surface area contributed by atoms with Gasteiger partial charge in [0.05, 0.1) is 0 Å². The summed E-state index contributed by atoms with van der Waals surface area (Å²) in [4.78, 5) is 11.3. The topological polar surface area (TPSA) is 62.3 Å². The van der Waals surface area contributed by atoms with E-state index in [-0.39, 0.29) is 5.41 Å². The number of anilines is 2. The number of benzene rings is 1. The Morgan fingerprint density at radius 2 is 2.00 bits per heavy atom. The van der Waals surface area contributed by atoms with Gasteiger partial charge in [-0.2, -0.15) is 4.98 Å². The highest BCUT2D eigenvalue weighted by Gasteiger charge is 2.34. The SMILES string of the molecule is C[C@H]1CCCCN1c1cc(Cl)nc(NC(=S)NCC2(c3ccccc3)CCOCC2)n1. The van der Waals surface area contributed by atoms with Gasteiger partial charge < -0.3 is 20.3 Å². The van der Waals surface area contributed by atoms with Gasteiger partial charge in [0.25, 0.3) is 0 Å². The largest absolute Gasteiger partial charge is 0.381 e. The molecule has 4 rings (SSSR count). The molecule has 8 heteroatoms. The maximum atomic E-state index is 6.31. The Morgan fingerprint density at radius 1 is 1.23 bits per heavy atom. The van der Waals surface area contributed by atoms with Crippen LogP contribution < -0.4 is 15.5 Å². The third kappa shape index (κ3) is 5.45. The average Bonchev–Trinajstić information content (AvgIpc) is 2.79. The lowest BCUT2D eigenvalue weighted by molar-refractivity contribution is 0.0515. The first-order chi connectivity index (χ1) is 15.1. The second-order valence-electron chi connectivity index (χ2n) is 8.48. The number of hydrogen-bond acceptors (Lipinski definition) is 5.